The molecule has 3 heteroatoms. The van der Waals surface area contributed by atoms with E-state index in [1.807, 2.05) is 18.2 Å². The van der Waals surface area contributed by atoms with Gasteiger partial charge in [-0.15, -0.1) is 0 Å². The van der Waals surface area contributed by atoms with E-state index in [2.05, 4.69) is 0 Å². The second-order valence-electron chi connectivity index (χ2n) is 3.82. The highest BCUT2D eigenvalue weighted by molar-refractivity contribution is 6.31. The van der Waals surface area contributed by atoms with E-state index >= 15 is 0 Å². The van der Waals surface area contributed by atoms with Gasteiger partial charge in [-0.05, 0) is 11.6 Å². The van der Waals surface area contributed by atoms with Gasteiger partial charge in [-0.3, -0.25) is 0 Å². The standard InChI is InChI=1S/C14H13ClO2/c15-12-9-5-4-8-11(12)14(17)13(16)10-6-2-1-3-7-10/h1-9,13-14,16-17H. The number of aliphatic hydroxyl groups is 2. The number of halogens is 1. The Morgan fingerprint density at radius 3 is 2.00 bits per heavy atom. The molecule has 88 valence electrons. The minimum absolute atomic E-state index is 0.454. The lowest BCUT2D eigenvalue weighted by atomic mass is 9.98. The van der Waals surface area contributed by atoms with Crippen molar-refractivity contribution in [3.05, 3.63) is 70.7 Å². The molecule has 2 aromatic rings. The minimum atomic E-state index is -1.02. The van der Waals surface area contributed by atoms with E-state index in [-0.39, 0.29) is 0 Å². The van der Waals surface area contributed by atoms with Crippen LogP contribution in [0.5, 0.6) is 0 Å². The number of rotatable bonds is 3. The minimum Gasteiger partial charge on any atom is -0.385 e. The molecular weight excluding hydrogens is 236 g/mol. The van der Waals surface area contributed by atoms with Crippen LogP contribution in [0.2, 0.25) is 5.02 Å². The molecule has 2 rings (SSSR count). The highest BCUT2D eigenvalue weighted by Gasteiger charge is 2.21. The van der Waals surface area contributed by atoms with Crippen LogP contribution in [0.3, 0.4) is 0 Å². The van der Waals surface area contributed by atoms with Crippen molar-refractivity contribution in [3.8, 4) is 0 Å². The first-order chi connectivity index (χ1) is 8.20. The van der Waals surface area contributed by atoms with Crippen molar-refractivity contribution in [2.24, 2.45) is 0 Å². The Labute approximate surface area is 105 Å². The van der Waals surface area contributed by atoms with E-state index in [9.17, 15) is 10.2 Å². The predicted molar refractivity (Wildman–Crippen MR) is 67.8 cm³/mol. The van der Waals surface area contributed by atoms with Crippen LogP contribution >= 0.6 is 11.6 Å². The van der Waals surface area contributed by atoms with E-state index in [1.54, 1.807) is 36.4 Å². The van der Waals surface area contributed by atoms with Gasteiger partial charge in [0.05, 0.1) is 0 Å². The molecular formula is C14H13ClO2. The molecule has 0 spiro atoms. The molecule has 0 amide bonds. The number of aliphatic hydroxyl groups excluding tert-OH is 2. The van der Waals surface area contributed by atoms with Gasteiger partial charge in [0.2, 0.25) is 0 Å². The topological polar surface area (TPSA) is 40.5 Å². The average molecular weight is 249 g/mol. The fraction of sp³-hybridized carbons (Fsp3) is 0.143. The summed E-state index contributed by atoms with van der Waals surface area (Å²) < 4.78 is 0. The number of hydrogen-bond acceptors (Lipinski definition) is 2. The molecule has 0 aliphatic heterocycles. The van der Waals surface area contributed by atoms with Gasteiger partial charge < -0.3 is 10.2 Å². The summed E-state index contributed by atoms with van der Waals surface area (Å²) in [7, 11) is 0. The SMILES string of the molecule is OC(c1ccccc1)C(O)c1ccccc1Cl. The van der Waals surface area contributed by atoms with Crippen molar-refractivity contribution >= 4 is 11.6 Å². The molecule has 0 saturated heterocycles. The van der Waals surface area contributed by atoms with Crippen LogP contribution in [0.25, 0.3) is 0 Å². The fourth-order valence-electron chi connectivity index (χ4n) is 1.72. The molecule has 2 nitrogen and oxygen atoms in total. The van der Waals surface area contributed by atoms with Gasteiger partial charge in [0.15, 0.2) is 0 Å². The summed E-state index contributed by atoms with van der Waals surface area (Å²) in [5.74, 6) is 0. The van der Waals surface area contributed by atoms with Crippen LogP contribution in [0, 0.1) is 0 Å². The van der Waals surface area contributed by atoms with Gasteiger partial charge in [0, 0.05) is 10.6 Å². The second-order valence-corrected chi connectivity index (χ2v) is 4.23. The Bertz CT molecular complexity index is 485. The summed E-state index contributed by atoms with van der Waals surface area (Å²) in [5, 5.41) is 20.6. The smallest absolute Gasteiger partial charge is 0.110 e. The molecule has 0 aromatic heterocycles. The molecule has 0 radical (unpaired) electrons. The first kappa shape index (κ1) is 12.1. The van der Waals surface area contributed by atoms with Gasteiger partial charge in [-0.1, -0.05) is 60.1 Å². The molecule has 0 saturated carbocycles. The predicted octanol–water partition coefficient (Wildman–Crippen LogP) is 3.11. The third-order valence-corrected chi connectivity index (χ3v) is 3.01. The summed E-state index contributed by atoms with van der Waals surface area (Å²) in [6, 6.07) is 16.0. The van der Waals surface area contributed by atoms with Crippen LogP contribution in [-0.2, 0) is 0 Å². The summed E-state index contributed by atoms with van der Waals surface area (Å²) in [5.41, 5.74) is 1.20. The van der Waals surface area contributed by atoms with Crippen molar-refractivity contribution in [2.45, 2.75) is 12.2 Å². The first-order valence-electron chi connectivity index (χ1n) is 5.35. The molecule has 0 heterocycles. The zero-order valence-electron chi connectivity index (χ0n) is 9.12. The van der Waals surface area contributed by atoms with E-state index in [0.29, 0.717) is 16.1 Å². The van der Waals surface area contributed by atoms with Gasteiger partial charge in [-0.2, -0.15) is 0 Å². The van der Waals surface area contributed by atoms with Crippen molar-refractivity contribution < 1.29 is 10.2 Å². The van der Waals surface area contributed by atoms with Gasteiger partial charge >= 0.3 is 0 Å². The highest BCUT2D eigenvalue weighted by Crippen LogP contribution is 2.32. The maximum Gasteiger partial charge on any atom is 0.110 e. The maximum atomic E-state index is 10.1. The molecule has 17 heavy (non-hydrogen) atoms. The monoisotopic (exact) mass is 248 g/mol. The Kier molecular flexibility index (Phi) is 3.79. The lowest BCUT2D eigenvalue weighted by molar-refractivity contribution is 0.0173. The Morgan fingerprint density at radius 2 is 1.35 bits per heavy atom. The molecule has 2 N–H and O–H groups in total. The second kappa shape index (κ2) is 5.32. The van der Waals surface area contributed by atoms with E-state index in [4.69, 9.17) is 11.6 Å². The molecule has 0 aliphatic rings. The maximum absolute atomic E-state index is 10.1. The first-order valence-corrected chi connectivity index (χ1v) is 5.73. The summed E-state index contributed by atoms with van der Waals surface area (Å²) in [4.78, 5) is 0. The quantitative estimate of drug-likeness (QED) is 0.876. The van der Waals surface area contributed by atoms with Crippen molar-refractivity contribution in [1.82, 2.24) is 0 Å². The molecule has 2 aromatic carbocycles. The Balaban J connectivity index is 2.27. The summed E-state index contributed by atoms with van der Waals surface area (Å²) in [6.07, 6.45) is -2.00. The van der Waals surface area contributed by atoms with Crippen LogP contribution < -0.4 is 0 Å². The lowest BCUT2D eigenvalue weighted by Crippen LogP contribution is -2.10. The molecule has 2 unspecified atom stereocenters. The van der Waals surface area contributed by atoms with Crippen LogP contribution in [-0.4, -0.2) is 10.2 Å². The number of hydrogen-bond donors (Lipinski definition) is 2. The molecule has 2 atom stereocenters. The van der Waals surface area contributed by atoms with E-state index < -0.39 is 12.2 Å². The zero-order chi connectivity index (χ0) is 12.3. The van der Waals surface area contributed by atoms with Crippen molar-refractivity contribution in [3.63, 3.8) is 0 Å². The molecule has 0 fully saturated rings. The third-order valence-electron chi connectivity index (χ3n) is 2.66. The normalized spacial score (nSPS) is 14.3. The third kappa shape index (κ3) is 2.67. The Hall–Kier alpha value is -1.35. The highest BCUT2D eigenvalue weighted by atomic mass is 35.5. The largest absolute Gasteiger partial charge is 0.385 e. The summed E-state index contributed by atoms with van der Waals surface area (Å²) in [6.45, 7) is 0. The lowest BCUT2D eigenvalue weighted by Gasteiger charge is -2.19. The van der Waals surface area contributed by atoms with Crippen LogP contribution in [0.15, 0.2) is 54.6 Å². The van der Waals surface area contributed by atoms with Crippen LogP contribution in [0.1, 0.15) is 23.3 Å². The average Bonchev–Trinajstić information content (AvgIpc) is 2.39. The van der Waals surface area contributed by atoms with Crippen molar-refractivity contribution in [1.29, 1.82) is 0 Å². The summed E-state index contributed by atoms with van der Waals surface area (Å²) >= 11 is 5.98. The van der Waals surface area contributed by atoms with E-state index in [1.165, 1.54) is 0 Å². The Morgan fingerprint density at radius 1 is 0.765 bits per heavy atom. The molecule has 0 bridgehead atoms. The fourth-order valence-corrected chi connectivity index (χ4v) is 1.97. The zero-order valence-corrected chi connectivity index (χ0v) is 9.88. The molecule has 0 aliphatic carbocycles. The van der Waals surface area contributed by atoms with Gasteiger partial charge in [0.25, 0.3) is 0 Å². The van der Waals surface area contributed by atoms with Crippen molar-refractivity contribution in [2.75, 3.05) is 0 Å². The van der Waals surface area contributed by atoms with Crippen LogP contribution in [0.4, 0.5) is 0 Å². The van der Waals surface area contributed by atoms with Gasteiger partial charge in [-0.25, -0.2) is 0 Å². The van der Waals surface area contributed by atoms with E-state index in [0.717, 1.165) is 0 Å². The van der Waals surface area contributed by atoms with Gasteiger partial charge in [0.1, 0.15) is 12.2 Å². The number of benzene rings is 2.